The molecule has 5 rings (SSSR count). The third-order valence-electron chi connectivity index (χ3n) is 6.19. The van der Waals surface area contributed by atoms with Crippen molar-refractivity contribution in [3.63, 3.8) is 0 Å². The largest absolute Gasteiger partial charge is 0.417 e. The van der Waals surface area contributed by atoms with Gasteiger partial charge in [0.25, 0.3) is 0 Å². The first kappa shape index (κ1) is 19.7. The molecule has 0 bridgehead atoms. The van der Waals surface area contributed by atoms with Crippen LogP contribution >= 0.6 is 0 Å². The van der Waals surface area contributed by atoms with E-state index in [4.69, 9.17) is 0 Å². The first-order chi connectivity index (χ1) is 14.8. The summed E-state index contributed by atoms with van der Waals surface area (Å²) in [5, 5.41) is 1.95. The van der Waals surface area contributed by atoms with E-state index in [2.05, 4.69) is 24.3 Å². The lowest BCUT2D eigenvalue weighted by Gasteiger charge is -2.22. The number of hydrogen-bond donors (Lipinski definition) is 0. The van der Waals surface area contributed by atoms with Gasteiger partial charge in [-0.2, -0.15) is 13.2 Å². The van der Waals surface area contributed by atoms with Crippen molar-refractivity contribution in [1.29, 1.82) is 0 Å². The van der Waals surface area contributed by atoms with Crippen LogP contribution in [-0.4, -0.2) is 5.78 Å². The van der Waals surface area contributed by atoms with Crippen LogP contribution in [0.3, 0.4) is 0 Å². The number of Topliss-reactive ketones (excluding diaryl/α,β-unsaturated/α-hetero) is 1. The van der Waals surface area contributed by atoms with Gasteiger partial charge in [0.2, 0.25) is 0 Å². The van der Waals surface area contributed by atoms with Crippen molar-refractivity contribution in [2.24, 2.45) is 5.92 Å². The van der Waals surface area contributed by atoms with Crippen molar-refractivity contribution in [2.45, 2.75) is 25.4 Å². The van der Waals surface area contributed by atoms with Crippen molar-refractivity contribution >= 4 is 17.9 Å². The quantitative estimate of drug-likeness (QED) is 0.416. The molecule has 0 heterocycles. The first-order valence-electron chi connectivity index (χ1n) is 10.2. The summed E-state index contributed by atoms with van der Waals surface area (Å²) in [7, 11) is 0. The second-order valence-corrected chi connectivity index (χ2v) is 8.03. The average Bonchev–Trinajstić information content (AvgIpc) is 2.77. The number of aryl methyl sites for hydroxylation is 1. The number of carbonyl (C=O) groups excluding carboxylic acids is 1. The Bertz CT molecular complexity index is 1330. The Morgan fingerprint density at radius 1 is 0.903 bits per heavy atom. The predicted octanol–water partition coefficient (Wildman–Crippen LogP) is 5.07. The maximum Gasteiger partial charge on any atom is 0.417 e. The zero-order valence-corrected chi connectivity index (χ0v) is 16.5. The lowest BCUT2D eigenvalue weighted by atomic mass is 9.81. The van der Waals surface area contributed by atoms with Crippen LogP contribution in [0.15, 0.2) is 54.6 Å². The van der Waals surface area contributed by atoms with Crippen LogP contribution in [0.2, 0.25) is 0 Å². The highest BCUT2D eigenvalue weighted by molar-refractivity contribution is 6.02. The fourth-order valence-corrected chi connectivity index (χ4v) is 4.69. The van der Waals surface area contributed by atoms with Gasteiger partial charge in [-0.15, -0.1) is 0 Å². The summed E-state index contributed by atoms with van der Waals surface area (Å²) in [5.74, 6) is -2.31. The molecule has 1 nitrogen and oxygen atoms in total. The van der Waals surface area contributed by atoms with Crippen LogP contribution < -0.4 is 10.4 Å². The molecule has 2 aliphatic rings. The molecule has 0 aliphatic heterocycles. The summed E-state index contributed by atoms with van der Waals surface area (Å²) in [5.41, 5.74) is 2.84. The zero-order valence-electron chi connectivity index (χ0n) is 16.5. The Kier molecular flexibility index (Phi) is 4.58. The first-order valence-corrected chi connectivity index (χ1v) is 10.2. The number of hydrogen-bond acceptors (Lipinski definition) is 1. The second kappa shape index (κ2) is 7.19. The Labute approximate surface area is 176 Å². The highest BCUT2D eigenvalue weighted by atomic mass is 19.4. The second-order valence-electron chi connectivity index (χ2n) is 8.03. The monoisotopic (exact) mass is 422 g/mol. The number of ketones is 1. The van der Waals surface area contributed by atoms with Crippen LogP contribution in [0.4, 0.5) is 17.6 Å². The summed E-state index contributed by atoms with van der Waals surface area (Å²) in [6, 6.07) is 14.5. The lowest BCUT2D eigenvalue weighted by Crippen LogP contribution is -2.37. The minimum absolute atomic E-state index is 0.399. The molecule has 5 heteroatoms. The summed E-state index contributed by atoms with van der Waals surface area (Å²) in [4.78, 5) is 13.1. The standard InChI is InChI=1S/C26H18F4O/c27-18-9-12-22(24(14-18)26(28,29)30)25(31)17-6-5-16-8-10-20-19-4-2-1-3-15(19)7-11-21(20)23(16)13-17/h1-4,8-14,17H,5-7H2. The van der Waals surface area contributed by atoms with Gasteiger partial charge in [-0.25, -0.2) is 4.39 Å². The van der Waals surface area contributed by atoms with Crippen molar-refractivity contribution in [3.05, 3.63) is 93.1 Å². The van der Waals surface area contributed by atoms with Crippen LogP contribution in [-0.2, 0) is 19.0 Å². The van der Waals surface area contributed by atoms with Crippen molar-refractivity contribution in [1.82, 2.24) is 0 Å². The smallest absolute Gasteiger partial charge is 0.294 e. The van der Waals surface area contributed by atoms with Gasteiger partial charge in [-0.1, -0.05) is 48.6 Å². The number of carbonyl (C=O) groups is 1. The molecule has 0 N–H and O–H groups in total. The van der Waals surface area contributed by atoms with E-state index in [-0.39, 0.29) is 0 Å². The number of alkyl halides is 3. The molecule has 0 saturated carbocycles. The van der Waals surface area contributed by atoms with Gasteiger partial charge in [-0.3, -0.25) is 4.79 Å². The molecule has 2 aliphatic carbocycles. The molecule has 0 fully saturated rings. The molecule has 0 spiro atoms. The molecule has 0 aromatic heterocycles. The molecule has 0 amide bonds. The molecular formula is C26H18F4O. The third kappa shape index (κ3) is 3.38. The van der Waals surface area contributed by atoms with Crippen molar-refractivity contribution < 1.29 is 22.4 Å². The number of halogens is 4. The van der Waals surface area contributed by atoms with Gasteiger partial charge in [0.1, 0.15) is 5.82 Å². The van der Waals surface area contributed by atoms with Crippen molar-refractivity contribution in [3.8, 4) is 11.1 Å². The summed E-state index contributed by atoms with van der Waals surface area (Å²) in [6.45, 7) is 0. The zero-order chi connectivity index (χ0) is 21.8. The topological polar surface area (TPSA) is 17.1 Å². The van der Waals surface area contributed by atoms with E-state index in [0.717, 1.165) is 45.7 Å². The predicted molar refractivity (Wildman–Crippen MR) is 111 cm³/mol. The van der Waals surface area contributed by atoms with E-state index in [1.807, 2.05) is 18.2 Å². The fourth-order valence-electron chi connectivity index (χ4n) is 4.69. The normalized spacial score (nSPS) is 17.0. The highest BCUT2D eigenvalue weighted by Gasteiger charge is 2.37. The van der Waals surface area contributed by atoms with Crippen LogP contribution in [0.5, 0.6) is 0 Å². The Balaban J connectivity index is 1.63. The minimum atomic E-state index is -4.80. The summed E-state index contributed by atoms with van der Waals surface area (Å²) in [6.07, 6.45) is 0.925. The SMILES string of the molecule is O=C(c1ccc(F)cc1C(F)(F)F)C1C=c2c(ccc3c2=CCc2ccccc2-3)CC1. The summed E-state index contributed by atoms with van der Waals surface area (Å²) >= 11 is 0. The molecule has 1 unspecified atom stereocenters. The van der Waals surface area contributed by atoms with Gasteiger partial charge in [-0.05, 0) is 70.2 Å². The van der Waals surface area contributed by atoms with Crippen LogP contribution in [0.25, 0.3) is 23.3 Å². The van der Waals surface area contributed by atoms with Gasteiger partial charge in [0, 0.05) is 11.5 Å². The number of benzene rings is 3. The molecule has 3 aromatic carbocycles. The van der Waals surface area contributed by atoms with E-state index >= 15 is 0 Å². The van der Waals surface area contributed by atoms with Crippen LogP contribution in [0, 0.1) is 11.7 Å². The molecule has 0 radical (unpaired) electrons. The van der Waals surface area contributed by atoms with E-state index in [0.29, 0.717) is 18.9 Å². The van der Waals surface area contributed by atoms with Crippen LogP contribution in [0.1, 0.15) is 33.5 Å². The third-order valence-corrected chi connectivity index (χ3v) is 6.19. The Morgan fingerprint density at radius 3 is 2.52 bits per heavy atom. The van der Waals surface area contributed by atoms with E-state index < -0.39 is 34.8 Å². The Hall–Kier alpha value is -3.21. The van der Waals surface area contributed by atoms with E-state index in [1.165, 1.54) is 5.56 Å². The maximum atomic E-state index is 13.5. The maximum absolute atomic E-state index is 13.5. The molecule has 31 heavy (non-hydrogen) atoms. The van der Waals surface area contributed by atoms with Gasteiger partial charge < -0.3 is 0 Å². The van der Waals surface area contributed by atoms with E-state index in [9.17, 15) is 22.4 Å². The average molecular weight is 422 g/mol. The molecule has 156 valence electrons. The minimum Gasteiger partial charge on any atom is -0.294 e. The summed E-state index contributed by atoms with van der Waals surface area (Å²) < 4.78 is 53.7. The number of fused-ring (bicyclic) bond motifs is 5. The molecule has 0 saturated heterocycles. The number of rotatable bonds is 2. The highest BCUT2D eigenvalue weighted by Crippen LogP contribution is 2.34. The van der Waals surface area contributed by atoms with Gasteiger partial charge in [0.05, 0.1) is 5.56 Å². The Morgan fingerprint density at radius 2 is 1.71 bits per heavy atom. The van der Waals surface area contributed by atoms with Gasteiger partial charge >= 0.3 is 6.18 Å². The fraction of sp³-hybridized carbons (Fsp3) is 0.192. The molecular weight excluding hydrogens is 404 g/mol. The van der Waals surface area contributed by atoms with Crippen molar-refractivity contribution in [2.75, 3.05) is 0 Å². The molecule has 3 aromatic rings. The van der Waals surface area contributed by atoms with E-state index in [1.54, 1.807) is 6.08 Å². The van der Waals surface area contributed by atoms with Gasteiger partial charge in [0.15, 0.2) is 5.78 Å². The lowest BCUT2D eigenvalue weighted by molar-refractivity contribution is -0.138. The molecule has 1 atom stereocenters.